The quantitative estimate of drug-likeness (QED) is 0.156. The SMILES string of the molecule is c1ccc(-c2ccc(-c3cc4c(cc3-c3cccc(-c5cccc(-c6cc(-c7ccccc7)cc(-c7ccccc7)n6)c5)c3)C3(c5ccccc5-c5ccccc53)c3ccccc3-4)cc2)cc1. The third-order valence-electron chi connectivity index (χ3n) is 14.1. The molecule has 0 radical (unpaired) electrons. The molecule has 1 nitrogen and oxygen atoms in total. The van der Waals surface area contributed by atoms with Gasteiger partial charge in [0.2, 0.25) is 0 Å². The molecule has 10 aromatic carbocycles. The van der Waals surface area contributed by atoms with Gasteiger partial charge in [0, 0.05) is 11.1 Å². The standard InChI is InChI=1S/C66H43N/c1-4-18-44(19-5-1)46-34-36-47(37-35-46)57-42-59-56-30-12-15-33-62(56)66(60-31-13-10-28-54(60)55-29-11-14-32-61(55)66)63(59)43-58(57)51-26-16-24-49(38-51)50-25-17-27-52(39-50)65-41-53(45-20-6-2-7-21-45)40-64(67-65)48-22-8-3-9-23-48/h1-43H. The van der Waals surface area contributed by atoms with Gasteiger partial charge in [-0.2, -0.15) is 0 Å². The van der Waals surface area contributed by atoms with Gasteiger partial charge in [-0.05, 0) is 137 Å². The van der Waals surface area contributed by atoms with E-state index in [9.17, 15) is 0 Å². The first kappa shape index (κ1) is 38.8. The van der Waals surface area contributed by atoms with Crippen LogP contribution in [-0.2, 0) is 5.41 Å². The van der Waals surface area contributed by atoms with Gasteiger partial charge in [-0.3, -0.25) is 0 Å². The lowest BCUT2D eigenvalue weighted by atomic mass is 9.70. The molecule has 0 amide bonds. The van der Waals surface area contributed by atoms with Crippen LogP contribution in [0.5, 0.6) is 0 Å². The zero-order chi connectivity index (χ0) is 44.3. The fourth-order valence-electron chi connectivity index (χ4n) is 11.0. The summed E-state index contributed by atoms with van der Waals surface area (Å²) in [7, 11) is 0. The molecule has 2 aliphatic carbocycles. The first-order valence-electron chi connectivity index (χ1n) is 23.2. The summed E-state index contributed by atoms with van der Waals surface area (Å²) in [5.74, 6) is 0. The van der Waals surface area contributed by atoms with Crippen LogP contribution in [0.25, 0.3) is 100 Å². The van der Waals surface area contributed by atoms with Gasteiger partial charge in [-0.1, -0.05) is 224 Å². The number of hydrogen-bond donors (Lipinski definition) is 0. The molecule has 0 N–H and O–H groups in total. The molecule has 1 heteroatoms. The summed E-state index contributed by atoms with van der Waals surface area (Å²) in [5.41, 5.74) is 26.0. The average molecular weight is 850 g/mol. The molecule has 312 valence electrons. The summed E-state index contributed by atoms with van der Waals surface area (Å²) in [6.07, 6.45) is 0. The number of nitrogens with zero attached hydrogens (tertiary/aromatic N) is 1. The van der Waals surface area contributed by atoms with Crippen molar-refractivity contribution < 1.29 is 0 Å². The number of aromatic nitrogens is 1. The van der Waals surface area contributed by atoms with Crippen LogP contribution in [0.3, 0.4) is 0 Å². The summed E-state index contributed by atoms with van der Waals surface area (Å²) in [5, 5.41) is 0. The van der Waals surface area contributed by atoms with Crippen molar-refractivity contribution in [2.45, 2.75) is 5.41 Å². The Morgan fingerprint density at radius 2 is 0.582 bits per heavy atom. The van der Waals surface area contributed by atoms with E-state index in [1.165, 1.54) is 83.5 Å². The smallest absolute Gasteiger partial charge is 0.0725 e. The molecule has 0 unspecified atom stereocenters. The number of benzene rings is 10. The van der Waals surface area contributed by atoms with E-state index in [0.717, 1.165) is 39.2 Å². The molecular weight excluding hydrogens is 807 g/mol. The lowest BCUT2D eigenvalue weighted by molar-refractivity contribution is 0.794. The second kappa shape index (κ2) is 15.8. The highest BCUT2D eigenvalue weighted by molar-refractivity contribution is 5.99. The van der Waals surface area contributed by atoms with Gasteiger partial charge in [-0.15, -0.1) is 0 Å². The van der Waals surface area contributed by atoms with Gasteiger partial charge in [0.25, 0.3) is 0 Å². The Balaban J connectivity index is 0.994. The molecule has 0 saturated carbocycles. The summed E-state index contributed by atoms with van der Waals surface area (Å²) < 4.78 is 0. The third kappa shape index (κ3) is 6.35. The van der Waals surface area contributed by atoms with Gasteiger partial charge in [0.15, 0.2) is 0 Å². The van der Waals surface area contributed by atoms with E-state index < -0.39 is 5.41 Å². The Labute approximate surface area is 392 Å². The maximum Gasteiger partial charge on any atom is 0.0725 e. The molecule has 1 heterocycles. The van der Waals surface area contributed by atoms with E-state index in [1.54, 1.807) is 0 Å². The molecule has 1 spiro atoms. The summed E-state index contributed by atoms with van der Waals surface area (Å²) in [6, 6.07) is 95.6. The Morgan fingerprint density at radius 1 is 0.194 bits per heavy atom. The monoisotopic (exact) mass is 849 g/mol. The van der Waals surface area contributed by atoms with Crippen molar-refractivity contribution >= 4 is 0 Å². The summed E-state index contributed by atoms with van der Waals surface area (Å²) >= 11 is 0. The topological polar surface area (TPSA) is 12.9 Å². The summed E-state index contributed by atoms with van der Waals surface area (Å²) in [6.45, 7) is 0. The molecule has 2 aliphatic rings. The highest BCUT2D eigenvalue weighted by Gasteiger charge is 2.51. The van der Waals surface area contributed by atoms with Crippen molar-refractivity contribution in [2.24, 2.45) is 0 Å². The largest absolute Gasteiger partial charge is 0.248 e. The first-order chi connectivity index (χ1) is 33.2. The zero-order valence-corrected chi connectivity index (χ0v) is 36.8. The minimum Gasteiger partial charge on any atom is -0.248 e. The van der Waals surface area contributed by atoms with Gasteiger partial charge in [0.1, 0.15) is 0 Å². The Kier molecular flexibility index (Phi) is 9.15. The van der Waals surface area contributed by atoms with Crippen LogP contribution in [0, 0.1) is 0 Å². The highest BCUT2D eigenvalue weighted by atomic mass is 14.7. The minimum absolute atomic E-state index is 0.449. The molecule has 0 atom stereocenters. The van der Waals surface area contributed by atoms with E-state index in [0.29, 0.717) is 0 Å². The van der Waals surface area contributed by atoms with Crippen LogP contribution >= 0.6 is 0 Å². The molecule has 0 saturated heterocycles. The van der Waals surface area contributed by atoms with E-state index >= 15 is 0 Å². The molecule has 13 rings (SSSR count). The maximum absolute atomic E-state index is 5.29. The molecule has 0 fully saturated rings. The number of hydrogen-bond acceptors (Lipinski definition) is 1. The predicted molar refractivity (Wildman–Crippen MR) is 279 cm³/mol. The zero-order valence-electron chi connectivity index (χ0n) is 36.8. The van der Waals surface area contributed by atoms with E-state index in [4.69, 9.17) is 4.98 Å². The Hall–Kier alpha value is -8.65. The normalized spacial score (nSPS) is 12.6. The fourth-order valence-corrected chi connectivity index (χ4v) is 11.0. The van der Waals surface area contributed by atoms with Crippen LogP contribution in [0.2, 0.25) is 0 Å². The summed E-state index contributed by atoms with van der Waals surface area (Å²) in [4.78, 5) is 5.29. The van der Waals surface area contributed by atoms with Crippen LogP contribution in [0.4, 0.5) is 0 Å². The van der Waals surface area contributed by atoms with E-state index in [-0.39, 0.29) is 0 Å². The van der Waals surface area contributed by atoms with Crippen molar-refractivity contribution in [3.63, 3.8) is 0 Å². The lowest BCUT2D eigenvalue weighted by Crippen LogP contribution is -2.25. The first-order valence-corrected chi connectivity index (χ1v) is 23.2. The number of rotatable bonds is 7. The second-order valence-corrected chi connectivity index (χ2v) is 17.8. The molecular formula is C66H43N. The van der Waals surface area contributed by atoms with Gasteiger partial charge >= 0.3 is 0 Å². The maximum atomic E-state index is 5.29. The molecule has 67 heavy (non-hydrogen) atoms. The Morgan fingerprint density at radius 3 is 1.16 bits per heavy atom. The number of fused-ring (bicyclic) bond motifs is 10. The predicted octanol–water partition coefficient (Wildman–Crippen LogP) is 17.1. The van der Waals surface area contributed by atoms with Crippen LogP contribution in [-0.4, -0.2) is 4.98 Å². The third-order valence-corrected chi connectivity index (χ3v) is 14.1. The van der Waals surface area contributed by atoms with Crippen LogP contribution < -0.4 is 0 Å². The molecule has 1 aromatic heterocycles. The van der Waals surface area contributed by atoms with Crippen molar-refractivity contribution in [3.8, 4) is 100 Å². The van der Waals surface area contributed by atoms with E-state index in [1.807, 2.05) is 0 Å². The molecule has 0 bridgehead atoms. The van der Waals surface area contributed by atoms with Gasteiger partial charge in [0.05, 0.1) is 16.8 Å². The molecule has 0 aliphatic heterocycles. The van der Waals surface area contributed by atoms with Crippen molar-refractivity contribution in [3.05, 3.63) is 283 Å². The van der Waals surface area contributed by atoms with Gasteiger partial charge in [-0.25, -0.2) is 4.98 Å². The second-order valence-electron chi connectivity index (χ2n) is 17.8. The fraction of sp³-hybridized carbons (Fsp3) is 0.0152. The van der Waals surface area contributed by atoms with Crippen molar-refractivity contribution in [1.29, 1.82) is 0 Å². The van der Waals surface area contributed by atoms with Gasteiger partial charge < -0.3 is 0 Å². The number of pyridine rings is 1. The lowest BCUT2D eigenvalue weighted by Gasteiger charge is -2.31. The molecule has 11 aromatic rings. The average Bonchev–Trinajstić information content (AvgIpc) is 3.88. The van der Waals surface area contributed by atoms with Crippen molar-refractivity contribution in [1.82, 2.24) is 4.98 Å². The highest BCUT2D eigenvalue weighted by Crippen LogP contribution is 2.63. The Bertz CT molecular complexity index is 3560. The van der Waals surface area contributed by atoms with E-state index in [2.05, 4.69) is 261 Å². The van der Waals surface area contributed by atoms with Crippen molar-refractivity contribution in [2.75, 3.05) is 0 Å². The minimum atomic E-state index is -0.449. The van der Waals surface area contributed by atoms with Crippen LogP contribution in [0.1, 0.15) is 22.3 Å². The van der Waals surface area contributed by atoms with Crippen LogP contribution in [0.15, 0.2) is 261 Å².